The van der Waals surface area contributed by atoms with Crippen molar-refractivity contribution in [3.05, 3.63) is 4.88 Å². The summed E-state index contributed by atoms with van der Waals surface area (Å²) in [5.74, 6) is 0.0733. The van der Waals surface area contributed by atoms with Gasteiger partial charge in [-0.3, -0.25) is 0 Å². The van der Waals surface area contributed by atoms with E-state index in [2.05, 4.69) is 17.0 Å². The second kappa shape index (κ2) is 5.60. The lowest BCUT2D eigenvalue weighted by Crippen LogP contribution is -2.02. The Morgan fingerprint density at radius 2 is 2.19 bits per heavy atom. The third-order valence-electron chi connectivity index (χ3n) is 2.01. The van der Waals surface area contributed by atoms with Gasteiger partial charge in [-0.1, -0.05) is 6.92 Å². The molecule has 0 radical (unpaired) electrons. The molecule has 16 heavy (non-hydrogen) atoms. The summed E-state index contributed by atoms with van der Waals surface area (Å²) in [7, 11) is 2.85. The van der Waals surface area contributed by atoms with Crippen LogP contribution in [-0.2, 0) is 4.74 Å². The fourth-order valence-electron chi connectivity index (χ4n) is 1.23. The van der Waals surface area contributed by atoms with Crippen LogP contribution in [0.4, 0.5) is 10.7 Å². The summed E-state index contributed by atoms with van der Waals surface area (Å²) >= 11 is 1.25. The van der Waals surface area contributed by atoms with Crippen molar-refractivity contribution in [3.63, 3.8) is 0 Å². The molecule has 0 amide bonds. The van der Waals surface area contributed by atoms with E-state index < -0.39 is 5.97 Å². The second-order valence-corrected chi connectivity index (χ2v) is 4.15. The standard InChI is InChI=1S/C10H16N2O3S/c1-4-5-12-9-7(14-2)6(11)8(16-9)10(13)15-3/h12H,4-5,11H2,1-3H3. The van der Waals surface area contributed by atoms with E-state index in [1.807, 2.05) is 0 Å². The Hall–Kier alpha value is -1.43. The molecule has 0 bridgehead atoms. The Morgan fingerprint density at radius 1 is 1.50 bits per heavy atom. The second-order valence-electron chi connectivity index (χ2n) is 3.13. The minimum Gasteiger partial charge on any atom is -0.492 e. The van der Waals surface area contributed by atoms with Crippen LogP contribution in [0.15, 0.2) is 0 Å². The number of thiophene rings is 1. The van der Waals surface area contributed by atoms with Gasteiger partial charge in [0.15, 0.2) is 5.75 Å². The Kier molecular flexibility index (Phi) is 4.42. The van der Waals surface area contributed by atoms with Gasteiger partial charge >= 0.3 is 5.97 Å². The molecule has 3 N–H and O–H groups in total. The van der Waals surface area contributed by atoms with Gasteiger partial charge in [0.2, 0.25) is 0 Å². The van der Waals surface area contributed by atoms with Crippen LogP contribution in [0.2, 0.25) is 0 Å². The first-order valence-corrected chi connectivity index (χ1v) is 5.75. The fraction of sp³-hybridized carbons (Fsp3) is 0.500. The van der Waals surface area contributed by atoms with Gasteiger partial charge in [-0.25, -0.2) is 4.79 Å². The highest BCUT2D eigenvalue weighted by molar-refractivity contribution is 7.19. The molecule has 0 atom stereocenters. The summed E-state index contributed by atoms with van der Waals surface area (Å²) in [5.41, 5.74) is 6.14. The monoisotopic (exact) mass is 244 g/mol. The molecule has 0 aliphatic rings. The summed E-state index contributed by atoms with van der Waals surface area (Å²) in [6.45, 7) is 2.86. The number of nitrogens with one attached hydrogen (secondary N) is 1. The van der Waals surface area contributed by atoms with Gasteiger partial charge in [0.05, 0.1) is 14.2 Å². The molecule has 0 spiro atoms. The molecule has 90 valence electrons. The molecule has 0 aromatic carbocycles. The topological polar surface area (TPSA) is 73.6 Å². The van der Waals surface area contributed by atoms with Crippen LogP contribution >= 0.6 is 11.3 Å². The van der Waals surface area contributed by atoms with Crippen molar-refractivity contribution in [1.82, 2.24) is 0 Å². The number of ether oxygens (including phenoxy) is 2. The Bertz CT molecular complexity index is 376. The molecule has 1 aromatic rings. The van der Waals surface area contributed by atoms with Gasteiger partial charge < -0.3 is 20.5 Å². The normalized spacial score (nSPS) is 9.94. The van der Waals surface area contributed by atoms with Crippen molar-refractivity contribution in [2.75, 3.05) is 31.8 Å². The van der Waals surface area contributed by atoms with E-state index in [0.717, 1.165) is 18.0 Å². The Labute approximate surface area is 98.5 Å². The summed E-state index contributed by atoms with van der Waals surface area (Å²) in [6, 6.07) is 0. The molecule has 0 saturated heterocycles. The van der Waals surface area contributed by atoms with Crippen LogP contribution in [0.1, 0.15) is 23.0 Å². The molecule has 0 fully saturated rings. The minimum atomic E-state index is -0.439. The number of anilines is 2. The van der Waals surface area contributed by atoms with Gasteiger partial charge in [0.25, 0.3) is 0 Å². The van der Waals surface area contributed by atoms with Crippen molar-refractivity contribution in [3.8, 4) is 5.75 Å². The summed E-state index contributed by atoms with van der Waals surface area (Å²) in [6.07, 6.45) is 0.981. The number of nitrogens with two attached hydrogens (primary N) is 1. The van der Waals surface area contributed by atoms with Crippen molar-refractivity contribution in [1.29, 1.82) is 0 Å². The molecular formula is C10H16N2O3S. The number of carbonyl (C=O) groups is 1. The van der Waals surface area contributed by atoms with Crippen LogP contribution in [0.5, 0.6) is 5.75 Å². The van der Waals surface area contributed by atoms with Crippen LogP contribution in [-0.4, -0.2) is 26.7 Å². The van der Waals surface area contributed by atoms with E-state index in [-0.39, 0.29) is 0 Å². The highest BCUT2D eigenvalue weighted by Gasteiger charge is 2.21. The van der Waals surface area contributed by atoms with E-state index in [1.165, 1.54) is 25.6 Å². The van der Waals surface area contributed by atoms with Crippen molar-refractivity contribution < 1.29 is 14.3 Å². The Balaban J connectivity index is 3.04. The first-order valence-electron chi connectivity index (χ1n) is 4.94. The largest absolute Gasteiger partial charge is 0.492 e. The lowest BCUT2D eigenvalue weighted by molar-refractivity contribution is 0.0607. The van der Waals surface area contributed by atoms with Crippen LogP contribution in [0.3, 0.4) is 0 Å². The zero-order valence-electron chi connectivity index (χ0n) is 9.62. The predicted octanol–water partition coefficient (Wildman–Crippen LogP) is 1.95. The summed E-state index contributed by atoms with van der Waals surface area (Å²) in [5, 5.41) is 3.93. The predicted molar refractivity (Wildman–Crippen MR) is 65.4 cm³/mol. The van der Waals surface area contributed by atoms with E-state index in [9.17, 15) is 4.79 Å². The highest BCUT2D eigenvalue weighted by atomic mass is 32.1. The van der Waals surface area contributed by atoms with E-state index in [1.54, 1.807) is 0 Å². The maximum atomic E-state index is 11.4. The van der Waals surface area contributed by atoms with Gasteiger partial charge in [-0.2, -0.15) is 0 Å². The van der Waals surface area contributed by atoms with Crippen LogP contribution < -0.4 is 15.8 Å². The first-order chi connectivity index (χ1) is 7.65. The van der Waals surface area contributed by atoms with Crippen LogP contribution in [0, 0.1) is 0 Å². The van der Waals surface area contributed by atoms with Gasteiger partial charge in [-0.05, 0) is 6.42 Å². The molecule has 0 aliphatic carbocycles. The Morgan fingerprint density at radius 3 is 2.69 bits per heavy atom. The van der Waals surface area contributed by atoms with Crippen molar-refractivity contribution in [2.45, 2.75) is 13.3 Å². The van der Waals surface area contributed by atoms with Gasteiger partial charge in [0, 0.05) is 6.54 Å². The van der Waals surface area contributed by atoms with E-state index in [4.69, 9.17) is 10.5 Å². The lowest BCUT2D eigenvalue weighted by Gasteiger charge is -2.04. The molecule has 0 aliphatic heterocycles. The van der Waals surface area contributed by atoms with E-state index in [0.29, 0.717) is 16.3 Å². The summed E-state index contributed by atoms with van der Waals surface area (Å²) in [4.78, 5) is 11.8. The highest BCUT2D eigenvalue weighted by Crippen LogP contribution is 2.42. The lowest BCUT2D eigenvalue weighted by atomic mass is 10.3. The zero-order valence-corrected chi connectivity index (χ0v) is 10.4. The number of nitrogen functional groups attached to an aromatic ring is 1. The number of hydrogen-bond acceptors (Lipinski definition) is 6. The quantitative estimate of drug-likeness (QED) is 0.774. The molecule has 0 saturated carbocycles. The molecule has 1 rings (SSSR count). The van der Waals surface area contributed by atoms with E-state index >= 15 is 0 Å². The van der Waals surface area contributed by atoms with Gasteiger partial charge in [0.1, 0.15) is 15.6 Å². The zero-order chi connectivity index (χ0) is 12.1. The number of carbonyl (C=O) groups excluding carboxylic acids is 1. The molecule has 6 heteroatoms. The molecule has 1 aromatic heterocycles. The maximum Gasteiger partial charge on any atom is 0.350 e. The number of esters is 1. The smallest absolute Gasteiger partial charge is 0.350 e. The van der Waals surface area contributed by atoms with Crippen LogP contribution in [0.25, 0.3) is 0 Å². The fourth-order valence-corrected chi connectivity index (χ4v) is 2.26. The average Bonchev–Trinajstić information content (AvgIpc) is 2.62. The maximum absolute atomic E-state index is 11.4. The number of methoxy groups -OCH3 is 2. The van der Waals surface area contributed by atoms with Crippen molar-refractivity contribution >= 4 is 28.0 Å². The minimum absolute atomic E-state index is 0.331. The third-order valence-corrected chi connectivity index (χ3v) is 3.13. The molecule has 0 unspecified atom stereocenters. The number of hydrogen-bond donors (Lipinski definition) is 2. The SMILES string of the molecule is CCCNc1sc(C(=O)OC)c(N)c1OC. The van der Waals surface area contributed by atoms with Gasteiger partial charge in [-0.15, -0.1) is 11.3 Å². The molecule has 5 nitrogen and oxygen atoms in total. The summed E-state index contributed by atoms with van der Waals surface area (Å²) < 4.78 is 9.81. The van der Waals surface area contributed by atoms with Crippen molar-refractivity contribution in [2.24, 2.45) is 0 Å². The number of rotatable bonds is 5. The average molecular weight is 244 g/mol. The molecular weight excluding hydrogens is 228 g/mol. The first kappa shape index (κ1) is 12.6. The molecule has 1 heterocycles. The third kappa shape index (κ3) is 2.38.